The zero-order valence-corrected chi connectivity index (χ0v) is 10.4. The molecule has 2 heteroatoms. The average molecular weight is 228 g/mol. The summed E-state index contributed by atoms with van der Waals surface area (Å²) in [5.41, 5.74) is 2.83. The normalized spacial score (nSPS) is 20.9. The Kier molecular flexibility index (Phi) is 2.89. The van der Waals surface area contributed by atoms with Crippen molar-refractivity contribution in [1.29, 1.82) is 0 Å². The number of piperidine rings is 1. The summed E-state index contributed by atoms with van der Waals surface area (Å²) in [5.74, 6) is 0. The lowest BCUT2D eigenvalue weighted by molar-refractivity contribution is 0.400. The van der Waals surface area contributed by atoms with Crippen LogP contribution in [0, 0.1) is 0 Å². The Balaban J connectivity index is 1.89. The Hall–Kier alpha value is -1.28. The summed E-state index contributed by atoms with van der Waals surface area (Å²) in [6.45, 7) is 1.19. The standard InChI is InChI=1S/C15H20N2/c1-17-11-12(10-13-6-4-5-9-16-13)14-7-2-3-8-15(14)17/h2-3,7-8,11,13,16H,4-6,9-10H2,1H3. The topological polar surface area (TPSA) is 17.0 Å². The van der Waals surface area contributed by atoms with Crippen molar-refractivity contribution in [2.75, 3.05) is 6.54 Å². The van der Waals surface area contributed by atoms with Crippen LogP contribution in [0.5, 0.6) is 0 Å². The van der Waals surface area contributed by atoms with Crippen molar-refractivity contribution in [3.8, 4) is 0 Å². The molecule has 1 aromatic carbocycles. The first-order chi connectivity index (χ1) is 8.34. The molecule has 1 atom stereocenters. The van der Waals surface area contributed by atoms with E-state index in [9.17, 15) is 0 Å². The molecule has 2 heterocycles. The van der Waals surface area contributed by atoms with Gasteiger partial charge in [-0.1, -0.05) is 24.6 Å². The van der Waals surface area contributed by atoms with Gasteiger partial charge in [-0.25, -0.2) is 0 Å². The van der Waals surface area contributed by atoms with Crippen LogP contribution in [0.3, 0.4) is 0 Å². The molecule has 1 saturated heterocycles. The molecule has 1 unspecified atom stereocenters. The first kappa shape index (κ1) is 10.8. The fourth-order valence-electron chi connectivity index (χ4n) is 2.95. The Labute approximate surface area is 103 Å². The van der Waals surface area contributed by atoms with Crippen LogP contribution in [-0.2, 0) is 13.5 Å². The van der Waals surface area contributed by atoms with Crippen molar-refractivity contribution in [1.82, 2.24) is 9.88 Å². The van der Waals surface area contributed by atoms with Crippen molar-refractivity contribution in [3.63, 3.8) is 0 Å². The smallest absolute Gasteiger partial charge is 0.0480 e. The van der Waals surface area contributed by atoms with Gasteiger partial charge in [0.05, 0.1) is 0 Å². The van der Waals surface area contributed by atoms with Gasteiger partial charge in [0, 0.05) is 30.2 Å². The maximum atomic E-state index is 3.63. The van der Waals surface area contributed by atoms with Gasteiger partial charge in [0.1, 0.15) is 0 Å². The predicted octanol–water partition coefficient (Wildman–Crippen LogP) is 2.86. The first-order valence-corrected chi connectivity index (χ1v) is 6.61. The number of nitrogens with zero attached hydrogens (tertiary/aromatic N) is 1. The van der Waals surface area contributed by atoms with Gasteiger partial charge in [0.15, 0.2) is 0 Å². The van der Waals surface area contributed by atoms with E-state index < -0.39 is 0 Å². The third-order valence-corrected chi connectivity index (χ3v) is 3.86. The van der Waals surface area contributed by atoms with Crippen molar-refractivity contribution in [3.05, 3.63) is 36.0 Å². The highest BCUT2D eigenvalue weighted by Gasteiger charge is 2.15. The third-order valence-electron chi connectivity index (χ3n) is 3.86. The van der Waals surface area contributed by atoms with Crippen molar-refractivity contribution in [2.24, 2.45) is 7.05 Å². The van der Waals surface area contributed by atoms with E-state index in [1.54, 1.807) is 0 Å². The predicted molar refractivity (Wildman–Crippen MR) is 72.3 cm³/mol. The molecule has 1 aliphatic heterocycles. The molecule has 2 nitrogen and oxygen atoms in total. The number of fused-ring (bicyclic) bond motifs is 1. The van der Waals surface area contributed by atoms with Crippen LogP contribution in [0.2, 0.25) is 0 Å². The van der Waals surface area contributed by atoms with E-state index in [0.717, 1.165) is 0 Å². The molecule has 0 saturated carbocycles. The molecular formula is C15H20N2. The molecule has 0 amide bonds. The van der Waals surface area contributed by atoms with Crippen LogP contribution in [-0.4, -0.2) is 17.2 Å². The molecule has 2 aromatic rings. The lowest BCUT2D eigenvalue weighted by atomic mass is 9.97. The number of aryl methyl sites for hydroxylation is 1. The fourth-order valence-corrected chi connectivity index (χ4v) is 2.95. The van der Waals surface area contributed by atoms with Crippen LogP contribution < -0.4 is 5.32 Å². The molecule has 0 spiro atoms. The van der Waals surface area contributed by atoms with Gasteiger partial charge in [0.25, 0.3) is 0 Å². The quantitative estimate of drug-likeness (QED) is 0.836. The molecule has 0 bridgehead atoms. The summed E-state index contributed by atoms with van der Waals surface area (Å²) >= 11 is 0. The summed E-state index contributed by atoms with van der Waals surface area (Å²) < 4.78 is 2.24. The molecule has 0 radical (unpaired) electrons. The van der Waals surface area contributed by atoms with Gasteiger partial charge in [0.2, 0.25) is 0 Å². The lowest BCUT2D eigenvalue weighted by Gasteiger charge is -2.23. The van der Waals surface area contributed by atoms with Crippen molar-refractivity contribution < 1.29 is 0 Å². The zero-order valence-electron chi connectivity index (χ0n) is 10.4. The summed E-state index contributed by atoms with van der Waals surface area (Å²) in [6.07, 6.45) is 7.50. The SMILES string of the molecule is Cn1cc(CC2CCCCN2)c2ccccc21. The summed E-state index contributed by atoms with van der Waals surface area (Å²) in [6, 6.07) is 9.38. The van der Waals surface area contributed by atoms with Crippen LogP contribution in [0.15, 0.2) is 30.5 Å². The van der Waals surface area contributed by atoms with E-state index in [-0.39, 0.29) is 0 Å². The van der Waals surface area contributed by atoms with Crippen LogP contribution >= 0.6 is 0 Å². The minimum atomic E-state index is 0.676. The summed E-state index contributed by atoms with van der Waals surface area (Å²) in [7, 11) is 2.14. The minimum Gasteiger partial charge on any atom is -0.350 e. The molecule has 1 fully saturated rings. The molecule has 1 aromatic heterocycles. The van der Waals surface area contributed by atoms with E-state index in [2.05, 4.69) is 47.4 Å². The van der Waals surface area contributed by atoms with E-state index in [1.807, 2.05) is 0 Å². The van der Waals surface area contributed by atoms with Gasteiger partial charge in [-0.2, -0.15) is 0 Å². The van der Waals surface area contributed by atoms with E-state index in [0.29, 0.717) is 6.04 Å². The molecule has 3 rings (SSSR count). The molecule has 17 heavy (non-hydrogen) atoms. The Morgan fingerprint density at radius 3 is 3.00 bits per heavy atom. The van der Waals surface area contributed by atoms with Crippen molar-refractivity contribution >= 4 is 10.9 Å². The van der Waals surface area contributed by atoms with Gasteiger partial charge >= 0.3 is 0 Å². The molecule has 1 aliphatic rings. The second kappa shape index (κ2) is 4.53. The zero-order chi connectivity index (χ0) is 11.7. The van der Waals surface area contributed by atoms with Crippen LogP contribution in [0.25, 0.3) is 10.9 Å². The summed E-state index contributed by atoms with van der Waals surface area (Å²) in [4.78, 5) is 0. The van der Waals surface area contributed by atoms with E-state index in [4.69, 9.17) is 0 Å². The second-order valence-corrected chi connectivity index (χ2v) is 5.13. The Morgan fingerprint density at radius 1 is 1.29 bits per heavy atom. The van der Waals surface area contributed by atoms with Crippen molar-refractivity contribution in [2.45, 2.75) is 31.7 Å². The van der Waals surface area contributed by atoms with E-state index in [1.165, 1.54) is 48.7 Å². The second-order valence-electron chi connectivity index (χ2n) is 5.13. The first-order valence-electron chi connectivity index (χ1n) is 6.61. The Bertz CT molecular complexity index is 507. The fraction of sp³-hybridized carbons (Fsp3) is 0.467. The number of hydrogen-bond donors (Lipinski definition) is 1. The van der Waals surface area contributed by atoms with Crippen LogP contribution in [0.1, 0.15) is 24.8 Å². The number of nitrogens with one attached hydrogen (secondary N) is 1. The maximum Gasteiger partial charge on any atom is 0.0480 e. The highest BCUT2D eigenvalue weighted by atomic mass is 14.9. The number of para-hydroxylation sites is 1. The monoisotopic (exact) mass is 228 g/mol. The van der Waals surface area contributed by atoms with Gasteiger partial charge in [-0.15, -0.1) is 0 Å². The third kappa shape index (κ3) is 2.09. The molecular weight excluding hydrogens is 208 g/mol. The van der Waals surface area contributed by atoms with Gasteiger partial charge in [-0.3, -0.25) is 0 Å². The molecule has 0 aliphatic carbocycles. The Morgan fingerprint density at radius 2 is 2.18 bits per heavy atom. The summed E-state index contributed by atoms with van der Waals surface area (Å²) in [5, 5.41) is 5.05. The van der Waals surface area contributed by atoms with Gasteiger partial charge in [-0.05, 0) is 37.4 Å². The molecule has 90 valence electrons. The highest BCUT2D eigenvalue weighted by Crippen LogP contribution is 2.23. The van der Waals surface area contributed by atoms with E-state index >= 15 is 0 Å². The number of benzene rings is 1. The van der Waals surface area contributed by atoms with Gasteiger partial charge < -0.3 is 9.88 Å². The number of hydrogen-bond acceptors (Lipinski definition) is 1. The largest absolute Gasteiger partial charge is 0.350 e. The molecule has 1 N–H and O–H groups in total. The minimum absolute atomic E-state index is 0.676. The average Bonchev–Trinajstić information content (AvgIpc) is 2.69. The lowest BCUT2D eigenvalue weighted by Crippen LogP contribution is -2.35. The van der Waals surface area contributed by atoms with Crippen LogP contribution in [0.4, 0.5) is 0 Å². The highest BCUT2D eigenvalue weighted by molar-refractivity contribution is 5.83. The number of rotatable bonds is 2. The maximum absolute atomic E-state index is 3.63. The number of aromatic nitrogens is 1.